The first-order chi connectivity index (χ1) is 12.4. The van der Waals surface area contributed by atoms with Gasteiger partial charge in [-0.1, -0.05) is 44.1 Å². The molecule has 0 bridgehead atoms. The minimum absolute atomic E-state index is 0.0129. The highest BCUT2D eigenvalue weighted by Crippen LogP contribution is 2.26. The van der Waals surface area contributed by atoms with Crippen LogP contribution in [0.5, 0.6) is 0 Å². The molecule has 150 valence electrons. The number of hydrogen-bond donors (Lipinski definition) is 4. The third-order valence-corrected chi connectivity index (χ3v) is 4.56. The van der Waals surface area contributed by atoms with Crippen molar-refractivity contribution in [2.24, 2.45) is 0 Å². The molecule has 1 rings (SSSR count). The zero-order chi connectivity index (χ0) is 19.4. The molecule has 0 aromatic heterocycles. The lowest BCUT2D eigenvalue weighted by molar-refractivity contribution is -0.137. The highest BCUT2D eigenvalue weighted by Gasteiger charge is 2.36. The zero-order valence-electron chi connectivity index (χ0n) is 15.7. The maximum Gasteiger partial charge on any atom is 0.303 e. The van der Waals surface area contributed by atoms with Gasteiger partial charge in [-0.3, -0.25) is 4.79 Å². The second-order valence-electron chi connectivity index (χ2n) is 6.95. The lowest BCUT2D eigenvalue weighted by Gasteiger charge is -2.16. The Morgan fingerprint density at radius 3 is 2.65 bits per heavy atom. The van der Waals surface area contributed by atoms with Crippen molar-refractivity contribution in [2.75, 3.05) is 0 Å². The van der Waals surface area contributed by atoms with Gasteiger partial charge in [-0.05, 0) is 32.1 Å². The quantitative estimate of drug-likeness (QED) is 0.293. The molecule has 0 amide bonds. The minimum Gasteiger partial charge on any atom is -0.481 e. The molecule has 26 heavy (non-hydrogen) atoms. The Balaban J connectivity index is 2.31. The molecule has 0 spiro atoms. The third kappa shape index (κ3) is 9.48. The van der Waals surface area contributed by atoms with Crippen LogP contribution in [0.1, 0.15) is 64.7 Å². The lowest BCUT2D eigenvalue weighted by atomic mass is 10.0. The first-order valence-corrected chi connectivity index (χ1v) is 9.68. The number of aliphatic carboxylic acids is 1. The van der Waals surface area contributed by atoms with Gasteiger partial charge >= 0.3 is 5.97 Å². The Hall–Kier alpha value is -1.21. The normalized spacial score (nSPS) is 25.9. The predicted octanol–water partition coefficient (Wildman–Crippen LogP) is 2.56. The van der Waals surface area contributed by atoms with E-state index < -0.39 is 30.4 Å². The molecule has 1 aliphatic rings. The van der Waals surface area contributed by atoms with E-state index in [-0.39, 0.29) is 12.5 Å². The fourth-order valence-corrected chi connectivity index (χ4v) is 2.98. The summed E-state index contributed by atoms with van der Waals surface area (Å²) in [4.78, 5) is 10.4. The summed E-state index contributed by atoms with van der Waals surface area (Å²) in [5.41, 5.74) is 0. The number of aliphatic hydroxyl groups excluding tert-OH is 3. The molecule has 1 heterocycles. The van der Waals surface area contributed by atoms with Crippen molar-refractivity contribution in [3.63, 3.8) is 0 Å². The molecule has 0 aromatic carbocycles. The van der Waals surface area contributed by atoms with E-state index in [9.17, 15) is 20.1 Å². The summed E-state index contributed by atoms with van der Waals surface area (Å²) in [6.45, 7) is 2.17. The molecule has 0 unspecified atom stereocenters. The molecule has 1 saturated heterocycles. The van der Waals surface area contributed by atoms with Crippen LogP contribution in [0, 0.1) is 0 Å². The van der Waals surface area contributed by atoms with Gasteiger partial charge in [0.15, 0.2) is 0 Å². The SMILES string of the molecule is CCCCC/C=C\C[C@H]1O[C@@H]([C@@H](O)/C=C/[C@H](O)CCCC(=O)O)C[C@H]1O. The van der Waals surface area contributed by atoms with Crippen LogP contribution in [0.4, 0.5) is 0 Å². The summed E-state index contributed by atoms with van der Waals surface area (Å²) in [6, 6.07) is 0. The number of carboxylic acids is 1. The monoisotopic (exact) mass is 370 g/mol. The molecule has 5 atom stereocenters. The van der Waals surface area contributed by atoms with Crippen LogP contribution in [-0.2, 0) is 9.53 Å². The lowest BCUT2D eigenvalue weighted by Crippen LogP contribution is -2.24. The Kier molecular flexibility index (Phi) is 11.4. The largest absolute Gasteiger partial charge is 0.481 e. The standard InChI is InChI=1S/C20H34O6/c1-2-3-4-5-6-7-10-18-17(23)14-19(26-18)16(22)13-12-15(21)9-8-11-20(24)25/h6-7,12-13,15-19,21-23H,2-5,8-11,14H2,1H3,(H,24,25)/b7-6-,13-12+/t15-,16+,17-,18-,19-/m1/s1. The topological polar surface area (TPSA) is 107 Å². The molecule has 6 nitrogen and oxygen atoms in total. The van der Waals surface area contributed by atoms with E-state index in [0.29, 0.717) is 25.7 Å². The van der Waals surface area contributed by atoms with Gasteiger partial charge in [0.1, 0.15) is 0 Å². The molecule has 4 N–H and O–H groups in total. The van der Waals surface area contributed by atoms with Gasteiger partial charge in [0.2, 0.25) is 0 Å². The first-order valence-electron chi connectivity index (χ1n) is 9.68. The first kappa shape index (κ1) is 22.8. The van der Waals surface area contributed by atoms with Crippen LogP contribution >= 0.6 is 0 Å². The summed E-state index contributed by atoms with van der Waals surface area (Å²) >= 11 is 0. The number of ether oxygens (including phenoxy) is 1. The highest BCUT2D eigenvalue weighted by molar-refractivity contribution is 5.66. The van der Waals surface area contributed by atoms with Crippen LogP contribution in [0.25, 0.3) is 0 Å². The van der Waals surface area contributed by atoms with Crippen molar-refractivity contribution in [1.82, 2.24) is 0 Å². The fraction of sp³-hybridized carbons (Fsp3) is 0.750. The second kappa shape index (κ2) is 13.0. The van der Waals surface area contributed by atoms with E-state index >= 15 is 0 Å². The maximum atomic E-state index is 10.4. The molecule has 1 fully saturated rings. The summed E-state index contributed by atoms with van der Waals surface area (Å²) in [5.74, 6) is -0.889. The Bertz CT molecular complexity index is 448. The van der Waals surface area contributed by atoms with E-state index in [1.165, 1.54) is 31.4 Å². The molecular weight excluding hydrogens is 336 g/mol. The zero-order valence-corrected chi connectivity index (χ0v) is 15.7. The second-order valence-corrected chi connectivity index (χ2v) is 6.95. The molecule has 0 aromatic rings. The summed E-state index contributed by atoms with van der Waals surface area (Å²) in [7, 11) is 0. The Morgan fingerprint density at radius 1 is 1.19 bits per heavy atom. The summed E-state index contributed by atoms with van der Waals surface area (Å²) in [6.07, 6.45) is 10.3. The van der Waals surface area contributed by atoms with Gasteiger partial charge in [0, 0.05) is 12.8 Å². The molecule has 1 aliphatic heterocycles. The van der Waals surface area contributed by atoms with Crippen LogP contribution in [0.15, 0.2) is 24.3 Å². The predicted molar refractivity (Wildman–Crippen MR) is 99.8 cm³/mol. The third-order valence-electron chi connectivity index (χ3n) is 4.56. The summed E-state index contributed by atoms with van der Waals surface area (Å²) in [5, 5.41) is 38.6. The van der Waals surface area contributed by atoms with Gasteiger partial charge in [0.05, 0.1) is 30.5 Å². The molecule has 6 heteroatoms. The van der Waals surface area contributed by atoms with Crippen LogP contribution < -0.4 is 0 Å². The van der Waals surface area contributed by atoms with Crippen molar-refractivity contribution in [1.29, 1.82) is 0 Å². The van der Waals surface area contributed by atoms with E-state index in [4.69, 9.17) is 9.84 Å². The number of carboxylic acid groups (broad SMARTS) is 1. The van der Waals surface area contributed by atoms with E-state index in [1.807, 2.05) is 6.08 Å². The van der Waals surface area contributed by atoms with Crippen LogP contribution in [0.3, 0.4) is 0 Å². The van der Waals surface area contributed by atoms with Crippen molar-refractivity contribution >= 4 is 5.97 Å². The molecule has 0 saturated carbocycles. The van der Waals surface area contributed by atoms with E-state index in [1.54, 1.807) is 0 Å². The number of hydrogen-bond acceptors (Lipinski definition) is 5. The van der Waals surface area contributed by atoms with E-state index in [0.717, 1.165) is 6.42 Å². The average Bonchev–Trinajstić information content (AvgIpc) is 2.96. The van der Waals surface area contributed by atoms with Gasteiger partial charge < -0.3 is 25.2 Å². The van der Waals surface area contributed by atoms with Crippen LogP contribution in [-0.4, -0.2) is 56.9 Å². The number of carbonyl (C=O) groups is 1. The van der Waals surface area contributed by atoms with Crippen molar-refractivity contribution in [3.05, 3.63) is 24.3 Å². The van der Waals surface area contributed by atoms with Crippen LogP contribution in [0.2, 0.25) is 0 Å². The van der Waals surface area contributed by atoms with Gasteiger partial charge in [0.25, 0.3) is 0 Å². The molecule has 0 aliphatic carbocycles. The van der Waals surface area contributed by atoms with E-state index in [2.05, 4.69) is 13.0 Å². The molecular formula is C20H34O6. The number of aliphatic hydroxyl groups is 3. The number of allylic oxidation sites excluding steroid dienone is 1. The highest BCUT2D eigenvalue weighted by atomic mass is 16.5. The van der Waals surface area contributed by atoms with Gasteiger partial charge in [-0.2, -0.15) is 0 Å². The smallest absolute Gasteiger partial charge is 0.303 e. The fourth-order valence-electron chi connectivity index (χ4n) is 2.98. The Labute approximate surface area is 156 Å². The molecule has 0 radical (unpaired) electrons. The Morgan fingerprint density at radius 2 is 1.96 bits per heavy atom. The average molecular weight is 370 g/mol. The van der Waals surface area contributed by atoms with Gasteiger partial charge in [-0.15, -0.1) is 0 Å². The van der Waals surface area contributed by atoms with Crippen molar-refractivity contribution < 1.29 is 30.0 Å². The number of rotatable bonds is 13. The van der Waals surface area contributed by atoms with Crippen molar-refractivity contribution in [3.8, 4) is 0 Å². The minimum atomic E-state index is -0.905. The summed E-state index contributed by atoms with van der Waals surface area (Å²) < 4.78 is 5.75. The number of unbranched alkanes of at least 4 members (excludes halogenated alkanes) is 3. The van der Waals surface area contributed by atoms with Gasteiger partial charge in [-0.25, -0.2) is 0 Å². The maximum absolute atomic E-state index is 10.4. The van der Waals surface area contributed by atoms with Crippen molar-refractivity contribution in [2.45, 2.75) is 95.2 Å².